The second-order valence-electron chi connectivity index (χ2n) is 6.25. The lowest BCUT2D eigenvalue weighted by molar-refractivity contribution is 0.588. The summed E-state index contributed by atoms with van der Waals surface area (Å²) in [4.78, 5) is 1.24. The van der Waals surface area contributed by atoms with Gasteiger partial charge in [0.15, 0.2) is 0 Å². The second kappa shape index (κ2) is 5.88. The fourth-order valence-electron chi connectivity index (χ4n) is 2.39. The molecule has 0 amide bonds. The number of hydrogen-bond acceptors (Lipinski definition) is 2. The van der Waals surface area contributed by atoms with Crippen LogP contribution in [0.5, 0.6) is 0 Å². The molecule has 108 valence electrons. The summed E-state index contributed by atoms with van der Waals surface area (Å²) in [6.45, 7) is 9.47. The SMILES string of the molecule is Cc1ccc(C(C)(C)C)cc1C(CN)c1ccc(Cl)s1. The monoisotopic (exact) mass is 307 g/mol. The van der Waals surface area contributed by atoms with Gasteiger partial charge in [-0.25, -0.2) is 0 Å². The quantitative estimate of drug-likeness (QED) is 0.839. The third-order valence-corrected chi connectivity index (χ3v) is 5.04. The van der Waals surface area contributed by atoms with E-state index in [1.807, 2.05) is 6.07 Å². The molecule has 1 nitrogen and oxygen atoms in total. The molecule has 0 aliphatic heterocycles. The zero-order valence-electron chi connectivity index (χ0n) is 12.5. The van der Waals surface area contributed by atoms with Crippen molar-refractivity contribution in [3.63, 3.8) is 0 Å². The molecule has 1 aromatic heterocycles. The molecule has 0 bridgehead atoms. The van der Waals surface area contributed by atoms with E-state index in [-0.39, 0.29) is 11.3 Å². The zero-order valence-corrected chi connectivity index (χ0v) is 14.1. The van der Waals surface area contributed by atoms with Crippen LogP contribution in [0, 0.1) is 6.92 Å². The summed E-state index contributed by atoms with van der Waals surface area (Å²) in [6, 6.07) is 10.8. The normalized spacial score (nSPS) is 13.5. The molecule has 1 heterocycles. The van der Waals surface area contributed by atoms with Crippen molar-refractivity contribution < 1.29 is 0 Å². The van der Waals surface area contributed by atoms with E-state index in [9.17, 15) is 0 Å². The largest absolute Gasteiger partial charge is 0.329 e. The van der Waals surface area contributed by atoms with Crippen LogP contribution in [0.25, 0.3) is 0 Å². The summed E-state index contributed by atoms with van der Waals surface area (Å²) in [5.41, 5.74) is 10.1. The van der Waals surface area contributed by atoms with Crippen molar-refractivity contribution in [2.75, 3.05) is 6.54 Å². The van der Waals surface area contributed by atoms with Crippen molar-refractivity contribution in [1.29, 1.82) is 0 Å². The third kappa shape index (κ3) is 3.25. The van der Waals surface area contributed by atoms with Crippen LogP contribution in [0.4, 0.5) is 0 Å². The highest BCUT2D eigenvalue weighted by atomic mass is 35.5. The molecule has 0 saturated heterocycles. The lowest BCUT2D eigenvalue weighted by Gasteiger charge is -2.23. The summed E-state index contributed by atoms with van der Waals surface area (Å²) in [5.74, 6) is 0.231. The molecule has 1 aromatic carbocycles. The standard InChI is InChI=1S/C17H22ClNS/c1-11-5-6-12(17(2,3)4)9-13(11)14(10-19)15-7-8-16(18)20-15/h5-9,14H,10,19H2,1-4H3. The van der Waals surface area contributed by atoms with Crippen LogP contribution < -0.4 is 5.73 Å². The third-order valence-electron chi connectivity index (χ3n) is 3.69. The lowest BCUT2D eigenvalue weighted by atomic mass is 9.82. The minimum Gasteiger partial charge on any atom is -0.329 e. The van der Waals surface area contributed by atoms with E-state index in [1.165, 1.54) is 21.6 Å². The first-order valence-corrected chi connectivity index (χ1v) is 8.08. The number of aryl methyl sites for hydroxylation is 1. The summed E-state index contributed by atoms with van der Waals surface area (Å²) in [5, 5.41) is 0. The van der Waals surface area contributed by atoms with E-state index < -0.39 is 0 Å². The molecule has 0 aliphatic carbocycles. The van der Waals surface area contributed by atoms with Crippen LogP contribution in [0.3, 0.4) is 0 Å². The van der Waals surface area contributed by atoms with Crippen LogP contribution in [0.15, 0.2) is 30.3 Å². The molecule has 1 unspecified atom stereocenters. The predicted octanol–water partition coefficient (Wildman–Crippen LogP) is 5.10. The van der Waals surface area contributed by atoms with Gasteiger partial charge in [0.1, 0.15) is 0 Å². The molecule has 0 radical (unpaired) electrons. The van der Waals surface area contributed by atoms with Crippen molar-refractivity contribution in [2.24, 2.45) is 5.73 Å². The Morgan fingerprint density at radius 1 is 1.20 bits per heavy atom. The van der Waals surface area contributed by atoms with Crippen LogP contribution in [-0.4, -0.2) is 6.54 Å². The maximum Gasteiger partial charge on any atom is 0.0931 e. The lowest BCUT2D eigenvalue weighted by Crippen LogP contribution is -2.17. The van der Waals surface area contributed by atoms with Crippen LogP contribution in [0.1, 0.15) is 48.3 Å². The van der Waals surface area contributed by atoms with E-state index >= 15 is 0 Å². The van der Waals surface area contributed by atoms with Gasteiger partial charge >= 0.3 is 0 Å². The number of benzene rings is 1. The molecular weight excluding hydrogens is 286 g/mol. The number of thiophene rings is 1. The van der Waals surface area contributed by atoms with Gasteiger partial charge in [0.2, 0.25) is 0 Å². The van der Waals surface area contributed by atoms with E-state index in [0.29, 0.717) is 6.54 Å². The van der Waals surface area contributed by atoms with Gasteiger partial charge in [-0.1, -0.05) is 50.6 Å². The van der Waals surface area contributed by atoms with Crippen LogP contribution >= 0.6 is 22.9 Å². The van der Waals surface area contributed by atoms with E-state index in [0.717, 1.165) is 4.34 Å². The molecule has 2 N–H and O–H groups in total. The average molecular weight is 308 g/mol. The van der Waals surface area contributed by atoms with Crippen molar-refractivity contribution in [3.8, 4) is 0 Å². The van der Waals surface area contributed by atoms with Crippen molar-refractivity contribution in [2.45, 2.75) is 39.0 Å². The molecule has 3 heteroatoms. The van der Waals surface area contributed by atoms with Gasteiger partial charge in [0.25, 0.3) is 0 Å². The Balaban J connectivity index is 2.49. The van der Waals surface area contributed by atoms with Crippen molar-refractivity contribution in [1.82, 2.24) is 0 Å². The summed E-state index contributed by atoms with van der Waals surface area (Å²) in [6.07, 6.45) is 0. The van der Waals surface area contributed by atoms with Gasteiger partial charge in [0, 0.05) is 17.3 Å². The minimum atomic E-state index is 0.148. The topological polar surface area (TPSA) is 26.0 Å². The highest BCUT2D eigenvalue weighted by Gasteiger charge is 2.20. The predicted molar refractivity (Wildman–Crippen MR) is 90.1 cm³/mol. The highest BCUT2D eigenvalue weighted by Crippen LogP contribution is 2.35. The Labute approximate surface area is 130 Å². The van der Waals surface area contributed by atoms with Crippen LogP contribution in [0.2, 0.25) is 4.34 Å². The first kappa shape index (κ1) is 15.6. The molecule has 1 atom stereocenters. The maximum absolute atomic E-state index is 6.07. The Kier molecular flexibility index (Phi) is 4.58. The Bertz CT molecular complexity index is 595. The van der Waals surface area contributed by atoms with Crippen molar-refractivity contribution in [3.05, 3.63) is 56.2 Å². The molecule has 0 fully saturated rings. The number of nitrogens with two attached hydrogens (primary N) is 1. The van der Waals surface area contributed by atoms with E-state index in [2.05, 4.69) is 52.0 Å². The smallest absolute Gasteiger partial charge is 0.0931 e. The highest BCUT2D eigenvalue weighted by molar-refractivity contribution is 7.16. The Morgan fingerprint density at radius 3 is 2.40 bits per heavy atom. The van der Waals surface area contributed by atoms with Gasteiger partial charge in [-0.2, -0.15) is 0 Å². The first-order chi connectivity index (χ1) is 9.32. The molecule has 2 aromatic rings. The number of rotatable bonds is 3. The Morgan fingerprint density at radius 2 is 1.90 bits per heavy atom. The van der Waals surface area contributed by atoms with Gasteiger partial charge in [0.05, 0.1) is 4.34 Å². The molecule has 0 aliphatic rings. The van der Waals surface area contributed by atoms with Crippen molar-refractivity contribution >= 4 is 22.9 Å². The maximum atomic E-state index is 6.07. The number of hydrogen-bond donors (Lipinski definition) is 1. The fourth-order valence-corrected chi connectivity index (χ4v) is 3.59. The second-order valence-corrected chi connectivity index (χ2v) is 8.00. The molecule has 2 rings (SSSR count). The van der Waals surface area contributed by atoms with Gasteiger partial charge in [-0.3, -0.25) is 0 Å². The summed E-state index contributed by atoms with van der Waals surface area (Å²) < 4.78 is 0.822. The van der Waals surface area contributed by atoms with E-state index in [1.54, 1.807) is 11.3 Å². The fraction of sp³-hybridized carbons (Fsp3) is 0.412. The van der Waals surface area contributed by atoms with Gasteiger partial charge in [-0.05, 0) is 41.2 Å². The zero-order chi connectivity index (χ0) is 14.9. The van der Waals surface area contributed by atoms with Crippen LogP contribution in [-0.2, 0) is 5.41 Å². The molecule has 0 saturated carbocycles. The van der Waals surface area contributed by atoms with Gasteiger partial charge < -0.3 is 5.73 Å². The first-order valence-electron chi connectivity index (χ1n) is 6.89. The molecular formula is C17H22ClNS. The minimum absolute atomic E-state index is 0.148. The number of halogens is 1. The van der Waals surface area contributed by atoms with Gasteiger partial charge in [-0.15, -0.1) is 11.3 Å². The average Bonchev–Trinajstić information content (AvgIpc) is 2.77. The Hall–Kier alpha value is -0.830. The van der Waals surface area contributed by atoms with E-state index in [4.69, 9.17) is 17.3 Å². The molecule has 20 heavy (non-hydrogen) atoms. The summed E-state index contributed by atoms with van der Waals surface area (Å²) in [7, 11) is 0. The molecule has 0 spiro atoms. The summed E-state index contributed by atoms with van der Waals surface area (Å²) >= 11 is 7.69.